The second-order valence-electron chi connectivity index (χ2n) is 4.42. The molecule has 0 atom stereocenters. The lowest BCUT2D eigenvalue weighted by Gasteiger charge is -2.19. The molecule has 9 heteroatoms. The van der Waals surface area contributed by atoms with Crippen molar-refractivity contribution >= 4 is 10.0 Å². The molecule has 4 nitrogen and oxygen atoms in total. The molecule has 1 aromatic carbocycles. The molecule has 0 spiro atoms. The molecule has 1 aromatic rings. The minimum atomic E-state index is -4.69. The van der Waals surface area contributed by atoms with Gasteiger partial charge >= 0.3 is 6.18 Å². The van der Waals surface area contributed by atoms with E-state index in [1.165, 1.54) is 6.07 Å². The van der Waals surface area contributed by atoms with E-state index in [2.05, 4.69) is 5.32 Å². The Kier molecular flexibility index (Phi) is 5.71. The lowest BCUT2D eigenvalue weighted by molar-refractivity contribution is -0.134. The van der Waals surface area contributed by atoms with Crippen molar-refractivity contribution in [1.82, 2.24) is 9.62 Å². The van der Waals surface area contributed by atoms with Crippen LogP contribution in [0, 0.1) is 5.82 Å². The Bertz CT molecular complexity index is 587. The molecule has 0 fully saturated rings. The number of nitrogens with one attached hydrogen (secondary N) is 1. The van der Waals surface area contributed by atoms with Crippen LogP contribution in [0.1, 0.15) is 12.5 Å². The van der Waals surface area contributed by atoms with E-state index >= 15 is 0 Å². The molecule has 21 heavy (non-hydrogen) atoms. The van der Waals surface area contributed by atoms with E-state index in [1.54, 1.807) is 0 Å². The van der Waals surface area contributed by atoms with Gasteiger partial charge in [-0.05, 0) is 24.2 Å². The van der Waals surface area contributed by atoms with Gasteiger partial charge < -0.3 is 5.32 Å². The molecule has 0 saturated heterocycles. The molecule has 1 rings (SSSR count). The van der Waals surface area contributed by atoms with Crippen molar-refractivity contribution < 1.29 is 26.0 Å². The maximum absolute atomic E-state index is 13.9. The molecule has 120 valence electrons. The third kappa shape index (κ3) is 4.94. The van der Waals surface area contributed by atoms with E-state index < -0.39 is 33.5 Å². The summed E-state index contributed by atoms with van der Waals surface area (Å²) < 4.78 is 74.5. The van der Waals surface area contributed by atoms with Crippen LogP contribution in [0.5, 0.6) is 0 Å². The van der Waals surface area contributed by atoms with Crippen molar-refractivity contribution in [1.29, 1.82) is 0 Å². The van der Waals surface area contributed by atoms with Crippen LogP contribution in [0.25, 0.3) is 0 Å². The summed E-state index contributed by atoms with van der Waals surface area (Å²) >= 11 is 0. The molecule has 1 N–H and O–H groups in total. The van der Waals surface area contributed by atoms with Crippen LogP contribution in [-0.2, 0) is 16.6 Å². The van der Waals surface area contributed by atoms with Crippen LogP contribution in [0.4, 0.5) is 17.6 Å². The summed E-state index contributed by atoms with van der Waals surface area (Å²) in [5.41, 5.74) is 0.506. The van der Waals surface area contributed by atoms with E-state index in [-0.39, 0.29) is 4.31 Å². The second-order valence-corrected chi connectivity index (χ2v) is 6.43. The second kappa shape index (κ2) is 6.71. The largest absolute Gasteiger partial charge is 0.402 e. The highest BCUT2D eigenvalue weighted by Gasteiger charge is 2.35. The van der Waals surface area contributed by atoms with Crippen molar-refractivity contribution in [3.8, 4) is 0 Å². The molecular formula is C12H16F4N2O2S. The minimum absolute atomic E-state index is 0.0787. The molecule has 0 saturated carbocycles. The predicted octanol–water partition coefficient (Wildman–Crippen LogP) is 2.12. The molecule has 0 unspecified atom stereocenters. The van der Waals surface area contributed by atoms with Gasteiger partial charge in [0.15, 0.2) is 0 Å². The van der Waals surface area contributed by atoms with Gasteiger partial charge in [-0.3, -0.25) is 0 Å². The number of halogens is 4. The van der Waals surface area contributed by atoms with Crippen molar-refractivity contribution in [2.75, 3.05) is 20.1 Å². The molecule has 0 radical (unpaired) electrons. The van der Waals surface area contributed by atoms with E-state index in [0.29, 0.717) is 18.7 Å². The molecule has 0 aliphatic carbocycles. The number of sulfonamides is 1. The number of nitrogens with zero attached hydrogens (tertiary/aromatic N) is 1. The van der Waals surface area contributed by atoms with E-state index in [1.807, 2.05) is 6.92 Å². The molecular weight excluding hydrogens is 312 g/mol. The molecule has 0 aromatic heterocycles. The van der Waals surface area contributed by atoms with Crippen LogP contribution >= 0.6 is 0 Å². The van der Waals surface area contributed by atoms with Crippen molar-refractivity contribution in [3.05, 3.63) is 29.6 Å². The van der Waals surface area contributed by atoms with Crippen LogP contribution in [0.15, 0.2) is 23.1 Å². The first-order chi connectivity index (χ1) is 9.58. The fourth-order valence-corrected chi connectivity index (χ4v) is 2.84. The first-order valence-electron chi connectivity index (χ1n) is 6.10. The zero-order valence-corrected chi connectivity index (χ0v) is 12.4. The predicted molar refractivity (Wildman–Crippen MR) is 69.7 cm³/mol. The standard InChI is InChI=1S/C12H16F4N2O2S/c1-3-17-7-9-4-5-11(10(13)6-9)21(19,20)18(2)8-12(14,15)16/h4-6,17H,3,7-8H2,1-2H3. The summed E-state index contributed by atoms with van der Waals surface area (Å²) in [6, 6.07) is 3.33. The molecule has 0 aliphatic rings. The van der Waals surface area contributed by atoms with Gasteiger partial charge in [-0.1, -0.05) is 13.0 Å². The summed E-state index contributed by atoms with van der Waals surface area (Å²) in [5, 5.41) is 2.93. The highest BCUT2D eigenvalue weighted by atomic mass is 32.2. The fourth-order valence-electron chi connectivity index (χ4n) is 1.64. The maximum Gasteiger partial charge on any atom is 0.402 e. The van der Waals surface area contributed by atoms with Crippen LogP contribution in [0.2, 0.25) is 0 Å². The van der Waals surface area contributed by atoms with Crippen LogP contribution in [-0.4, -0.2) is 39.0 Å². The Morgan fingerprint density at radius 2 is 1.90 bits per heavy atom. The van der Waals surface area contributed by atoms with Gasteiger partial charge in [-0.25, -0.2) is 12.8 Å². The van der Waals surface area contributed by atoms with Crippen LogP contribution < -0.4 is 5.32 Å². The van der Waals surface area contributed by atoms with E-state index in [9.17, 15) is 26.0 Å². The number of benzene rings is 1. The molecule has 0 aliphatic heterocycles. The van der Waals surface area contributed by atoms with Gasteiger partial charge in [0.2, 0.25) is 10.0 Å². The molecule has 0 bridgehead atoms. The fraction of sp³-hybridized carbons (Fsp3) is 0.500. The van der Waals surface area contributed by atoms with Gasteiger partial charge in [0.1, 0.15) is 17.3 Å². The maximum atomic E-state index is 13.9. The number of rotatable bonds is 6. The number of hydrogen-bond acceptors (Lipinski definition) is 3. The summed E-state index contributed by atoms with van der Waals surface area (Å²) in [5.74, 6) is -1.07. The van der Waals surface area contributed by atoms with E-state index in [0.717, 1.165) is 19.2 Å². The third-order valence-corrected chi connectivity index (χ3v) is 4.50. The Balaban J connectivity index is 3.03. The lowest BCUT2D eigenvalue weighted by atomic mass is 10.2. The van der Waals surface area contributed by atoms with Crippen LogP contribution in [0.3, 0.4) is 0 Å². The molecule has 0 amide bonds. The van der Waals surface area contributed by atoms with Crippen molar-refractivity contribution in [2.45, 2.75) is 24.5 Å². The summed E-state index contributed by atoms with van der Waals surface area (Å²) in [6.07, 6.45) is -4.69. The Morgan fingerprint density at radius 1 is 1.29 bits per heavy atom. The quantitative estimate of drug-likeness (QED) is 0.814. The summed E-state index contributed by atoms with van der Waals surface area (Å²) in [4.78, 5) is -0.769. The minimum Gasteiger partial charge on any atom is -0.313 e. The summed E-state index contributed by atoms with van der Waals surface area (Å²) in [7, 11) is -3.76. The average Bonchev–Trinajstić information content (AvgIpc) is 2.34. The van der Waals surface area contributed by atoms with Crippen molar-refractivity contribution in [2.24, 2.45) is 0 Å². The smallest absolute Gasteiger partial charge is 0.313 e. The third-order valence-electron chi connectivity index (χ3n) is 2.67. The monoisotopic (exact) mass is 328 g/mol. The van der Waals surface area contributed by atoms with Gasteiger partial charge in [0.25, 0.3) is 0 Å². The van der Waals surface area contributed by atoms with Gasteiger partial charge in [0.05, 0.1) is 0 Å². The number of alkyl halides is 3. The Labute approximate surface area is 120 Å². The normalized spacial score (nSPS) is 12.9. The first kappa shape index (κ1) is 17.9. The lowest BCUT2D eigenvalue weighted by Crippen LogP contribution is -2.36. The van der Waals surface area contributed by atoms with Gasteiger partial charge in [0, 0.05) is 13.6 Å². The van der Waals surface area contributed by atoms with Gasteiger partial charge in [-0.15, -0.1) is 0 Å². The average molecular weight is 328 g/mol. The topological polar surface area (TPSA) is 49.4 Å². The van der Waals surface area contributed by atoms with Gasteiger partial charge in [-0.2, -0.15) is 17.5 Å². The highest BCUT2D eigenvalue weighted by Crippen LogP contribution is 2.23. The molecule has 0 heterocycles. The summed E-state index contributed by atoms with van der Waals surface area (Å²) in [6.45, 7) is 1.16. The highest BCUT2D eigenvalue weighted by molar-refractivity contribution is 7.89. The number of hydrogen-bond donors (Lipinski definition) is 1. The zero-order chi connectivity index (χ0) is 16.3. The van der Waals surface area contributed by atoms with Crippen molar-refractivity contribution in [3.63, 3.8) is 0 Å². The SMILES string of the molecule is CCNCc1ccc(S(=O)(=O)N(C)CC(F)(F)F)c(F)c1. The van der Waals surface area contributed by atoms with E-state index in [4.69, 9.17) is 0 Å². The first-order valence-corrected chi connectivity index (χ1v) is 7.54. The Hall–Kier alpha value is -1.19. The Morgan fingerprint density at radius 3 is 2.38 bits per heavy atom. The zero-order valence-electron chi connectivity index (χ0n) is 11.5.